The summed E-state index contributed by atoms with van der Waals surface area (Å²) >= 11 is 0. The van der Waals surface area contributed by atoms with Crippen molar-refractivity contribution in [3.63, 3.8) is 0 Å². The Hall–Kier alpha value is -1.59. The maximum Gasteiger partial charge on any atom is 0.0348 e. The predicted octanol–water partition coefficient (Wildman–Crippen LogP) is 6.03. The van der Waals surface area contributed by atoms with E-state index in [-0.39, 0.29) is 13.1 Å². The lowest BCUT2D eigenvalue weighted by atomic mass is 9.75. The zero-order chi connectivity index (χ0) is 16.6. The van der Waals surface area contributed by atoms with E-state index in [0.717, 1.165) is 6.42 Å². The van der Waals surface area contributed by atoms with E-state index in [1.54, 1.807) is 5.30 Å². The fraction of sp³-hybridized carbons (Fsp3) is 0.381. The van der Waals surface area contributed by atoms with Gasteiger partial charge in [-0.3, -0.25) is 0 Å². The highest BCUT2D eigenvalue weighted by Gasteiger charge is 2.49. The molecule has 0 radical (unpaired) electrons. The molecule has 2 atom stereocenters. The maximum absolute atomic E-state index is 4.65. The molecule has 1 aromatic heterocycles. The number of aryl methyl sites for hydroxylation is 1. The summed E-state index contributed by atoms with van der Waals surface area (Å²) in [6.07, 6.45) is 9.08. The van der Waals surface area contributed by atoms with Gasteiger partial charge in [-0.1, -0.05) is 50.3 Å². The van der Waals surface area contributed by atoms with Crippen LogP contribution in [0.2, 0.25) is 0 Å². The number of hydrogen-bond donors (Lipinski definition) is 0. The van der Waals surface area contributed by atoms with Gasteiger partial charge in [0, 0.05) is 11.6 Å². The van der Waals surface area contributed by atoms with E-state index in [4.69, 9.17) is 0 Å². The van der Waals surface area contributed by atoms with Crippen molar-refractivity contribution in [2.45, 2.75) is 46.0 Å². The van der Waals surface area contributed by atoms with Crippen LogP contribution in [0.1, 0.15) is 49.7 Å². The minimum atomic E-state index is -0.277. The van der Waals surface area contributed by atoms with Crippen LogP contribution >= 0.6 is 7.69 Å². The first-order valence-corrected chi connectivity index (χ1v) is 10.4. The third-order valence-electron chi connectivity index (χ3n) is 5.23. The number of hydrogen-bond acceptors (Lipinski definition) is 1. The molecule has 2 aliphatic rings. The minimum absolute atomic E-state index is 0.181. The molecule has 2 heteroatoms. The molecular formula is C21H26NP. The number of aromatic nitrogens is 1. The molecule has 1 spiro atoms. The van der Waals surface area contributed by atoms with Crippen LogP contribution in [0.3, 0.4) is 0 Å². The van der Waals surface area contributed by atoms with E-state index in [2.05, 4.69) is 67.9 Å². The van der Waals surface area contributed by atoms with Gasteiger partial charge in [0.25, 0.3) is 0 Å². The second-order valence-corrected chi connectivity index (χ2v) is 7.94. The Morgan fingerprint density at radius 1 is 1.09 bits per heavy atom. The molecule has 0 aliphatic heterocycles. The van der Waals surface area contributed by atoms with Crippen molar-refractivity contribution in [2.24, 2.45) is 6.66 Å². The summed E-state index contributed by atoms with van der Waals surface area (Å²) in [7, 11) is -0.277. The van der Waals surface area contributed by atoms with Gasteiger partial charge < -0.3 is 0 Å². The van der Waals surface area contributed by atoms with E-state index in [1.165, 1.54) is 34.3 Å². The summed E-state index contributed by atoms with van der Waals surface area (Å²) in [5.74, 6) is 0. The highest BCUT2D eigenvalue weighted by molar-refractivity contribution is 7.44. The molecule has 4 rings (SSSR count). The summed E-state index contributed by atoms with van der Waals surface area (Å²) in [4.78, 5) is 0. The van der Waals surface area contributed by atoms with Crippen LogP contribution < -0.4 is 0 Å². The molecule has 0 saturated heterocycles. The first-order chi connectivity index (χ1) is 11.2. The van der Waals surface area contributed by atoms with Gasteiger partial charge in [0.05, 0.1) is 0 Å². The smallest absolute Gasteiger partial charge is 0.0348 e. The lowest BCUT2D eigenvalue weighted by molar-refractivity contribution is 0.563. The zero-order valence-electron chi connectivity index (χ0n) is 14.9. The standard InChI is InChI=1S/C19H20NP.C2H6/c1-4-14-15-8-6-7-9-17(15)19(16(14)5-2)10-13-12-20-21(3)18(13)11-19;1-2/h4-9,12H,10-11H2,1-3H3;1-2H3/b14-4-,16-5+;. The third-order valence-corrected chi connectivity index (χ3v) is 6.91. The first-order valence-electron chi connectivity index (χ1n) is 8.64. The molecule has 0 amide bonds. The topological polar surface area (TPSA) is 12.9 Å². The van der Waals surface area contributed by atoms with Crippen LogP contribution in [0.25, 0.3) is 5.57 Å². The van der Waals surface area contributed by atoms with E-state index < -0.39 is 0 Å². The van der Waals surface area contributed by atoms with Gasteiger partial charge in [-0.15, -0.1) is 0 Å². The van der Waals surface area contributed by atoms with Crippen molar-refractivity contribution < 1.29 is 0 Å². The summed E-state index contributed by atoms with van der Waals surface area (Å²) in [5.41, 5.74) is 7.61. The van der Waals surface area contributed by atoms with Crippen LogP contribution in [0.15, 0.2) is 48.2 Å². The van der Waals surface area contributed by atoms with Crippen LogP contribution in [0, 0.1) is 0 Å². The Morgan fingerprint density at radius 2 is 1.83 bits per heavy atom. The summed E-state index contributed by atoms with van der Waals surface area (Å²) in [6, 6.07) is 8.99. The molecule has 0 bridgehead atoms. The van der Waals surface area contributed by atoms with Crippen molar-refractivity contribution in [2.75, 3.05) is 0 Å². The number of benzene rings is 1. The van der Waals surface area contributed by atoms with E-state index >= 15 is 0 Å². The Morgan fingerprint density at radius 3 is 2.48 bits per heavy atom. The highest BCUT2D eigenvalue weighted by Crippen LogP contribution is 2.58. The lowest BCUT2D eigenvalue weighted by Crippen LogP contribution is -2.26. The normalized spacial score (nSPS) is 25.5. The number of fused-ring (bicyclic) bond motifs is 3. The van der Waals surface area contributed by atoms with Gasteiger partial charge in [0.2, 0.25) is 0 Å². The first kappa shape index (κ1) is 16.3. The quantitative estimate of drug-likeness (QED) is 0.576. The summed E-state index contributed by atoms with van der Waals surface area (Å²) in [6.45, 7) is 10.7. The largest absolute Gasteiger partial charge is 0.245 e. The second-order valence-electron chi connectivity index (χ2n) is 6.13. The fourth-order valence-electron chi connectivity index (χ4n) is 4.36. The van der Waals surface area contributed by atoms with E-state index in [0.29, 0.717) is 0 Å². The third kappa shape index (κ3) is 2.17. The molecule has 2 aliphatic carbocycles. The van der Waals surface area contributed by atoms with E-state index in [9.17, 15) is 0 Å². The van der Waals surface area contributed by atoms with Crippen LogP contribution in [-0.2, 0) is 24.9 Å². The van der Waals surface area contributed by atoms with Crippen LogP contribution in [0.5, 0.6) is 0 Å². The van der Waals surface area contributed by atoms with Gasteiger partial charge in [0.1, 0.15) is 0 Å². The summed E-state index contributed by atoms with van der Waals surface area (Å²) in [5, 5.41) is 1.62. The van der Waals surface area contributed by atoms with Crippen molar-refractivity contribution in [3.8, 4) is 0 Å². The lowest BCUT2D eigenvalue weighted by Gasteiger charge is -2.27. The zero-order valence-corrected chi connectivity index (χ0v) is 15.7. The predicted molar refractivity (Wildman–Crippen MR) is 102 cm³/mol. The highest BCUT2D eigenvalue weighted by atomic mass is 31.1. The Kier molecular flexibility index (Phi) is 4.34. The van der Waals surface area contributed by atoms with Gasteiger partial charge >= 0.3 is 0 Å². The molecule has 0 N–H and O–H groups in total. The molecule has 0 saturated carbocycles. The SMILES string of the molecule is C/C=C1\C(=C/C)c2ccccc2C12Cc1cnp(C)c1C2.CC. The van der Waals surface area contributed by atoms with Crippen molar-refractivity contribution in [1.82, 2.24) is 4.75 Å². The molecular weight excluding hydrogens is 297 g/mol. The molecule has 2 unspecified atom stereocenters. The van der Waals surface area contributed by atoms with Gasteiger partial charge in [-0.25, -0.2) is 4.75 Å². The number of rotatable bonds is 0. The molecule has 1 aromatic carbocycles. The molecule has 23 heavy (non-hydrogen) atoms. The Labute approximate surface area is 141 Å². The summed E-state index contributed by atoms with van der Waals surface area (Å²) < 4.78 is 4.65. The van der Waals surface area contributed by atoms with Crippen LogP contribution in [-0.4, -0.2) is 4.75 Å². The molecule has 1 nitrogen and oxygen atoms in total. The molecule has 1 heterocycles. The Bertz CT molecular complexity index is 794. The van der Waals surface area contributed by atoms with E-state index in [1.807, 2.05) is 13.8 Å². The second kappa shape index (κ2) is 6.13. The maximum atomic E-state index is 4.65. The van der Waals surface area contributed by atoms with Crippen LogP contribution in [0.4, 0.5) is 0 Å². The molecule has 120 valence electrons. The fourth-order valence-corrected chi connectivity index (χ4v) is 5.87. The van der Waals surface area contributed by atoms with Crippen molar-refractivity contribution >= 4 is 13.3 Å². The average Bonchev–Trinajstić information content (AvgIpc) is 3.22. The monoisotopic (exact) mass is 323 g/mol. The average molecular weight is 323 g/mol. The minimum Gasteiger partial charge on any atom is -0.245 e. The molecule has 0 fully saturated rings. The van der Waals surface area contributed by atoms with Gasteiger partial charge in [0.15, 0.2) is 0 Å². The molecule has 2 aromatic rings. The van der Waals surface area contributed by atoms with Gasteiger partial charge in [-0.2, -0.15) is 0 Å². The van der Waals surface area contributed by atoms with Gasteiger partial charge in [-0.05, 0) is 74.2 Å². The number of allylic oxidation sites excluding steroid dienone is 4. The number of nitrogens with zero attached hydrogens (tertiary/aromatic N) is 1. The Balaban J connectivity index is 0.000000753. The van der Waals surface area contributed by atoms with Crippen molar-refractivity contribution in [3.05, 3.63) is 70.2 Å². The van der Waals surface area contributed by atoms with Crippen molar-refractivity contribution in [1.29, 1.82) is 0 Å².